The summed E-state index contributed by atoms with van der Waals surface area (Å²) in [5.74, 6) is 0.732. The number of carbonyl (C=O) groups excluding carboxylic acids is 1. The number of hydrogen-bond acceptors (Lipinski definition) is 4. The molecule has 1 N–H and O–H groups in total. The summed E-state index contributed by atoms with van der Waals surface area (Å²) in [5.41, 5.74) is 0. The fourth-order valence-corrected chi connectivity index (χ4v) is 3.07. The lowest BCUT2D eigenvalue weighted by atomic mass is 9.94. The SMILES string of the molecule is O=C(NC1CC2CCN(CC2)C1)c1ncc(Cl)cn1. The van der Waals surface area contributed by atoms with Crippen molar-refractivity contribution in [2.45, 2.75) is 25.3 Å². The van der Waals surface area contributed by atoms with E-state index in [0.29, 0.717) is 5.02 Å². The van der Waals surface area contributed by atoms with E-state index in [-0.39, 0.29) is 17.8 Å². The number of halogens is 1. The maximum absolute atomic E-state index is 12.1. The van der Waals surface area contributed by atoms with E-state index in [1.165, 1.54) is 25.2 Å². The Bertz CT molecular complexity index is 442. The number of aromatic nitrogens is 2. The highest BCUT2D eigenvalue weighted by Crippen LogP contribution is 2.26. The van der Waals surface area contributed by atoms with Crippen molar-refractivity contribution < 1.29 is 4.79 Å². The third kappa shape index (κ3) is 3.04. The van der Waals surface area contributed by atoms with Crippen LogP contribution in [0, 0.1) is 5.92 Å². The minimum Gasteiger partial charge on any atom is -0.345 e. The zero-order valence-electron chi connectivity index (χ0n) is 10.7. The summed E-state index contributed by atoms with van der Waals surface area (Å²) in [6, 6.07) is 0.210. The van der Waals surface area contributed by atoms with E-state index in [1.807, 2.05) is 0 Å². The summed E-state index contributed by atoms with van der Waals surface area (Å²) in [6.07, 6.45) is 6.47. The molecule has 0 radical (unpaired) electrons. The van der Waals surface area contributed by atoms with Crippen molar-refractivity contribution in [2.75, 3.05) is 19.6 Å². The summed E-state index contributed by atoms with van der Waals surface area (Å²) in [7, 11) is 0. The van der Waals surface area contributed by atoms with E-state index in [0.717, 1.165) is 32.0 Å². The lowest BCUT2D eigenvalue weighted by molar-refractivity contribution is 0.0918. The Morgan fingerprint density at radius 3 is 2.68 bits per heavy atom. The predicted octanol–water partition coefficient (Wildman–Crippen LogP) is 1.34. The average Bonchev–Trinajstić information content (AvgIpc) is 2.71. The van der Waals surface area contributed by atoms with Gasteiger partial charge in [-0.1, -0.05) is 11.6 Å². The molecule has 2 bridgehead atoms. The Morgan fingerprint density at radius 2 is 2.00 bits per heavy atom. The summed E-state index contributed by atoms with van der Waals surface area (Å²) >= 11 is 5.71. The van der Waals surface area contributed by atoms with E-state index >= 15 is 0 Å². The van der Waals surface area contributed by atoms with E-state index in [9.17, 15) is 4.79 Å². The first-order valence-electron chi connectivity index (χ1n) is 6.71. The van der Waals surface area contributed by atoms with Gasteiger partial charge in [-0.2, -0.15) is 0 Å². The second-order valence-electron chi connectivity index (χ2n) is 5.37. The van der Waals surface area contributed by atoms with Crippen LogP contribution in [-0.4, -0.2) is 46.5 Å². The van der Waals surface area contributed by atoms with Gasteiger partial charge in [0.2, 0.25) is 5.82 Å². The molecule has 1 amide bonds. The van der Waals surface area contributed by atoms with E-state index in [2.05, 4.69) is 20.2 Å². The number of nitrogens with one attached hydrogen (secondary N) is 1. The van der Waals surface area contributed by atoms with Gasteiger partial charge in [0.1, 0.15) is 0 Å². The highest BCUT2D eigenvalue weighted by Gasteiger charge is 2.30. The summed E-state index contributed by atoms with van der Waals surface area (Å²) < 4.78 is 0. The largest absolute Gasteiger partial charge is 0.345 e. The summed E-state index contributed by atoms with van der Waals surface area (Å²) in [5, 5.41) is 3.49. The molecule has 3 fully saturated rings. The van der Waals surface area contributed by atoms with Crippen molar-refractivity contribution in [1.29, 1.82) is 0 Å². The van der Waals surface area contributed by atoms with Crippen LogP contribution in [0.4, 0.5) is 0 Å². The normalized spacial score (nSPS) is 29.8. The highest BCUT2D eigenvalue weighted by molar-refractivity contribution is 6.30. The van der Waals surface area contributed by atoms with Crippen LogP contribution in [0.25, 0.3) is 0 Å². The van der Waals surface area contributed by atoms with E-state index in [1.54, 1.807) is 0 Å². The van der Waals surface area contributed by atoms with Crippen molar-refractivity contribution in [2.24, 2.45) is 5.92 Å². The third-order valence-corrected chi connectivity index (χ3v) is 4.16. The van der Waals surface area contributed by atoms with E-state index < -0.39 is 0 Å². The number of nitrogens with zero attached hydrogens (tertiary/aromatic N) is 3. The Morgan fingerprint density at radius 1 is 1.32 bits per heavy atom. The Hall–Kier alpha value is -1.20. The molecule has 1 unspecified atom stereocenters. The fourth-order valence-electron chi connectivity index (χ4n) is 2.98. The fraction of sp³-hybridized carbons (Fsp3) is 0.615. The lowest BCUT2D eigenvalue weighted by Gasteiger charge is -2.26. The van der Waals surface area contributed by atoms with Gasteiger partial charge in [0.25, 0.3) is 5.91 Å². The molecule has 102 valence electrons. The molecule has 1 aromatic heterocycles. The molecule has 4 heterocycles. The standard InChI is InChI=1S/C13H17ClN4O/c14-10-6-15-12(16-7-10)13(19)17-11-5-9-1-3-18(8-11)4-2-9/h6-7,9,11H,1-5,8H2,(H,17,19). The number of amides is 1. The van der Waals surface area contributed by atoms with Crippen molar-refractivity contribution in [3.63, 3.8) is 0 Å². The second kappa shape index (κ2) is 5.43. The molecule has 1 atom stereocenters. The van der Waals surface area contributed by atoms with Crippen LogP contribution < -0.4 is 5.32 Å². The third-order valence-electron chi connectivity index (χ3n) is 3.96. The molecule has 3 aliphatic heterocycles. The predicted molar refractivity (Wildman–Crippen MR) is 72.1 cm³/mol. The zero-order valence-corrected chi connectivity index (χ0v) is 11.4. The minimum absolute atomic E-state index is 0.191. The molecule has 0 saturated carbocycles. The summed E-state index contributed by atoms with van der Waals surface area (Å²) in [6.45, 7) is 3.26. The first-order chi connectivity index (χ1) is 9.20. The topological polar surface area (TPSA) is 58.1 Å². The zero-order chi connectivity index (χ0) is 13.2. The van der Waals surface area contributed by atoms with E-state index in [4.69, 9.17) is 11.6 Å². The Labute approximate surface area is 117 Å². The van der Waals surface area contributed by atoms with Gasteiger partial charge >= 0.3 is 0 Å². The van der Waals surface area contributed by atoms with Crippen LogP contribution in [0.1, 0.15) is 29.9 Å². The van der Waals surface area contributed by atoms with Gasteiger partial charge in [-0.25, -0.2) is 9.97 Å². The lowest BCUT2D eigenvalue weighted by Crippen LogP contribution is -2.42. The highest BCUT2D eigenvalue weighted by atomic mass is 35.5. The molecule has 0 aromatic carbocycles. The van der Waals surface area contributed by atoms with Crippen molar-refractivity contribution in [3.8, 4) is 0 Å². The quantitative estimate of drug-likeness (QED) is 0.888. The van der Waals surface area contributed by atoms with Gasteiger partial charge in [0.15, 0.2) is 0 Å². The van der Waals surface area contributed by atoms with Crippen LogP contribution >= 0.6 is 11.6 Å². The van der Waals surface area contributed by atoms with Crippen molar-refractivity contribution >= 4 is 17.5 Å². The second-order valence-corrected chi connectivity index (χ2v) is 5.81. The molecule has 0 spiro atoms. The summed E-state index contributed by atoms with van der Waals surface area (Å²) in [4.78, 5) is 22.4. The van der Waals surface area contributed by atoms with Crippen LogP contribution in [0.3, 0.4) is 0 Å². The molecule has 3 saturated heterocycles. The average molecular weight is 281 g/mol. The van der Waals surface area contributed by atoms with Gasteiger partial charge in [0.05, 0.1) is 5.02 Å². The molecular formula is C13H17ClN4O. The van der Waals surface area contributed by atoms with Gasteiger partial charge in [-0.05, 0) is 38.3 Å². The molecule has 0 aliphatic carbocycles. The molecule has 5 nitrogen and oxygen atoms in total. The van der Waals surface area contributed by atoms with Crippen LogP contribution in [-0.2, 0) is 0 Å². The number of rotatable bonds is 2. The molecule has 6 heteroatoms. The van der Waals surface area contributed by atoms with Crippen LogP contribution in [0.2, 0.25) is 5.02 Å². The Balaban J connectivity index is 1.64. The smallest absolute Gasteiger partial charge is 0.289 e. The molecular weight excluding hydrogens is 264 g/mol. The van der Waals surface area contributed by atoms with Gasteiger partial charge in [-0.15, -0.1) is 0 Å². The van der Waals surface area contributed by atoms with Crippen LogP contribution in [0.15, 0.2) is 12.4 Å². The maximum Gasteiger partial charge on any atom is 0.289 e. The van der Waals surface area contributed by atoms with Crippen molar-refractivity contribution in [3.05, 3.63) is 23.2 Å². The first-order valence-corrected chi connectivity index (χ1v) is 7.09. The monoisotopic (exact) mass is 280 g/mol. The van der Waals surface area contributed by atoms with Gasteiger partial charge in [0, 0.05) is 25.0 Å². The number of piperidine rings is 1. The van der Waals surface area contributed by atoms with Gasteiger partial charge < -0.3 is 10.2 Å². The van der Waals surface area contributed by atoms with Gasteiger partial charge in [-0.3, -0.25) is 4.79 Å². The molecule has 19 heavy (non-hydrogen) atoms. The Kier molecular flexibility index (Phi) is 3.66. The van der Waals surface area contributed by atoms with Crippen molar-refractivity contribution in [1.82, 2.24) is 20.2 Å². The molecule has 1 aromatic rings. The maximum atomic E-state index is 12.1. The molecule has 3 aliphatic rings. The van der Waals surface area contributed by atoms with Crippen LogP contribution in [0.5, 0.6) is 0 Å². The number of hydrogen-bond donors (Lipinski definition) is 1. The first kappa shape index (κ1) is 12.8. The minimum atomic E-state index is -0.204. The number of fused-ring (bicyclic) bond motifs is 4. The molecule has 4 rings (SSSR count). The number of carbonyl (C=O) groups is 1.